The molecule has 0 saturated carbocycles. The lowest BCUT2D eigenvalue weighted by Crippen LogP contribution is -2.14. The number of carbonyl (C=O) groups excluding carboxylic acids is 1. The number of esters is 1. The van der Waals surface area contributed by atoms with Crippen LogP contribution < -0.4 is 4.74 Å². The minimum atomic E-state index is -4.58. The van der Waals surface area contributed by atoms with Crippen LogP contribution in [0.5, 0.6) is 5.75 Å². The fourth-order valence-electron chi connectivity index (χ4n) is 2.14. The van der Waals surface area contributed by atoms with Gasteiger partial charge in [-0.3, -0.25) is 10.1 Å². The number of hydrogen-bond donors (Lipinski definition) is 0. The van der Waals surface area contributed by atoms with Crippen molar-refractivity contribution in [2.75, 3.05) is 7.11 Å². The van der Waals surface area contributed by atoms with Gasteiger partial charge in [0.2, 0.25) is 0 Å². The summed E-state index contributed by atoms with van der Waals surface area (Å²) >= 11 is 0.526. The van der Waals surface area contributed by atoms with E-state index in [2.05, 4.69) is 4.74 Å². The molecule has 0 spiro atoms. The molecule has 2 rings (SSSR count). The number of ether oxygens (including phenoxy) is 2. The lowest BCUT2D eigenvalue weighted by molar-refractivity contribution is -0.380. The zero-order valence-electron chi connectivity index (χ0n) is 13.0. The molecule has 0 N–H and O–H groups in total. The first-order valence-corrected chi connectivity index (χ1v) is 7.66. The summed E-state index contributed by atoms with van der Waals surface area (Å²) in [5, 5.41) is 10.5. The summed E-state index contributed by atoms with van der Waals surface area (Å²) in [6.45, 7) is 1.36. The van der Waals surface area contributed by atoms with Crippen molar-refractivity contribution in [3.8, 4) is 5.75 Å². The van der Waals surface area contributed by atoms with Crippen LogP contribution in [0.25, 0.3) is 0 Å². The Labute approximate surface area is 143 Å². The van der Waals surface area contributed by atoms with E-state index in [4.69, 9.17) is 4.74 Å². The van der Waals surface area contributed by atoms with E-state index >= 15 is 0 Å². The molecule has 1 aromatic carbocycles. The summed E-state index contributed by atoms with van der Waals surface area (Å²) in [6, 6.07) is 5.80. The average molecular weight is 375 g/mol. The summed E-state index contributed by atoms with van der Waals surface area (Å²) < 4.78 is 49.3. The van der Waals surface area contributed by atoms with E-state index < -0.39 is 28.7 Å². The van der Waals surface area contributed by atoms with Crippen molar-refractivity contribution in [1.29, 1.82) is 0 Å². The van der Waals surface area contributed by atoms with Crippen LogP contribution in [-0.4, -0.2) is 18.0 Å². The fourth-order valence-corrected chi connectivity index (χ4v) is 2.96. The second-order valence-corrected chi connectivity index (χ2v) is 5.90. The number of halogens is 3. The number of nitro groups is 1. The second kappa shape index (κ2) is 7.09. The van der Waals surface area contributed by atoms with Gasteiger partial charge in [-0.1, -0.05) is 29.5 Å². The molecule has 1 atom stereocenters. The molecule has 1 heterocycles. The molecule has 0 bridgehead atoms. The summed E-state index contributed by atoms with van der Waals surface area (Å²) in [6.07, 6.45) is -5.68. The van der Waals surface area contributed by atoms with E-state index in [0.717, 1.165) is 19.2 Å². The molecular weight excluding hydrogens is 363 g/mol. The topological polar surface area (TPSA) is 78.7 Å². The molecule has 1 unspecified atom stereocenters. The predicted octanol–water partition coefficient (Wildman–Crippen LogP) is 4.60. The first-order chi connectivity index (χ1) is 11.6. The van der Waals surface area contributed by atoms with Crippen LogP contribution in [0, 0.1) is 10.1 Å². The predicted molar refractivity (Wildman–Crippen MR) is 82.8 cm³/mol. The number of benzene rings is 1. The first-order valence-electron chi connectivity index (χ1n) is 6.84. The lowest BCUT2D eigenvalue weighted by atomic mass is 10.0. The van der Waals surface area contributed by atoms with Crippen LogP contribution in [-0.2, 0) is 10.9 Å². The van der Waals surface area contributed by atoms with Crippen molar-refractivity contribution in [2.45, 2.75) is 19.2 Å². The Hall–Kier alpha value is -2.62. The van der Waals surface area contributed by atoms with Crippen LogP contribution in [0.3, 0.4) is 0 Å². The molecule has 0 fully saturated rings. The minimum Gasteiger partial charge on any atom is -0.484 e. The van der Waals surface area contributed by atoms with E-state index in [1.807, 2.05) is 0 Å². The van der Waals surface area contributed by atoms with Gasteiger partial charge in [-0.15, -0.1) is 0 Å². The minimum absolute atomic E-state index is 0.153. The molecule has 1 aromatic heterocycles. The van der Waals surface area contributed by atoms with Crippen molar-refractivity contribution < 1.29 is 32.4 Å². The number of nitrogens with zero attached hydrogens (tertiary/aromatic N) is 1. The molecule has 0 amide bonds. The van der Waals surface area contributed by atoms with Crippen LogP contribution in [0.15, 0.2) is 30.3 Å². The smallest absolute Gasteiger partial charge is 0.416 e. The average Bonchev–Trinajstić information content (AvgIpc) is 2.97. The summed E-state index contributed by atoms with van der Waals surface area (Å²) in [7, 11) is 1.08. The highest BCUT2D eigenvalue weighted by Crippen LogP contribution is 2.40. The van der Waals surface area contributed by atoms with Crippen molar-refractivity contribution in [3.05, 3.63) is 56.5 Å². The highest BCUT2D eigenvalue weighted by molar-refractivity contribution is 7.17. The molecule has 6 nitrogen and oxygen atoms in total. The third kappa shape index (κ3) is 4.08. The number of alkyl halides is 3. The van der Waals surface area contributed by atoms with Gasteiger partial charge >= 0.3 is 17.1 Å². The van der Waals surface area contributed by atoms with Gasteiger partial charge in [0, 0.05) is 5.56 Å². The van der Waals surface area contributed by atoms with Gasteiger partial charge in [0.1, 0.15) is 6.10 Å². The Morgan fingerprint density at radius 2 is 1.96 bits per heavy atom. The van der Waals surface area contributed by atoms with Crippen molar-refractivity contribution in [3.63, 3.8) is 0 Å². The summed E-state index contributed by atoms with van der Waals surface area (Å²) in [5.41, 5.74) is -1.04. The third-order valence-electron chi connectivity index (χ3n) is 3.24. The number of methoxy groups -OCH3 is 1. The van der Waals surface area contributed by atoms with Crippen LogP contribution in [0.1, 0.15) is 33.8 Å². The molecule has 0 saturated heterocycles. The standard InChI is InChI=1S/C15H12F3NO5S/c1-8(9-5-3-4-6-10(9)15(16,17)18)24-11-7-12(19(21)22)25-13(11)14(20)23-2/h3-8H,1-2H3. The van der Waals surface area contributed by atoms with E-state index in [9.17, 15) is 28.1 Å². The highest BCUT2D eigenvalue weighted by atomic mass is 32.1. The van der Waals surface area contributed by atoms with E-state index in [-0.39, 0.29) is 21.2 Å². The Morgan fingerprint density at radius 3 is 2.52 bits per heavy atom. The SMILES string of the molecule is COC(=O)c1sc([N+](=O)[O-])cc1OC(C)c1ccccc1C(F)(F)F. The number of carbonyl (C=O) groups is 1. The largest absolute Gasteiger partial charge is 0.484 e. The maximum absolute atomic E-state index is 13.1. The fraction of sp³-hybridized carbons (Fsp3) is 0.267. The van der Waals surface area contributed by atoms with Gasteiger partial charge in [0.25, 0.3) is 0 Å². The second-order valence-electron chi connectivity index (χ2n) is 4.87. The van der Waals surface area contributed by atoms with Gasteiger partial charge in [0.15, 0.2) is 10.6 Å². The van der Waals surface area contributed by atoms with E-state index in [1.165, 1.54) is 25.1 Å². The van der Waals surface area contributed by atoms with Crippen LogP contribution in [0.4, 0.5) is 18.2 Å². The number of hydrogen-bond acceptors (Lipinski definition) is 6. The first kappa shape index (κ1) is 18.7. The Kier molecular flexibility index (Phi) is 5.31. The van der Waals surface area contributed by atoms with Crippen LogP contribution in [0.2, 0.25) is 0 Å². The normalized spacial score (nSPS) is 12.5. The Balaban J connectivity index is 2.40. The van der Waals surface area contributed by atoms with Gasteiger partial charge in [-0.05, 0) is 13.0 Å². The number of thiophene rings is 1. The van der Waals surface area contributed by atoms with Gasteiger partial charge in [0.05, 0.1) is 23.7 Å². The molecule has 0 aliphatic heterocycles. The quantitative estimate of drug-likeness (QED) is 0.433. The molecule has 25 heavy (non-hydrogen) atoms. The van der Waals surface area contributed by atoms with Crippen molar-refractivity contribution in [2.24, 2.45) is 0 Å². The Bertz CT molecular complexity index is 803. The van der Waals surface area contributed by atoms with E-state index in [0.29, 0.717) is 11.3 Å². The van der Waals surface area contributed by atoms with Gasteiger partial charge in [-0.25, -0.2) is 4.79 Å². The van der Waals surface area contributed by atoms with E-state index in [1.54, 1.807) is 0 Å². The molecule has 0 aliphatic carbocycles. The molecular formula is C15H12F3NO5S. The number of rotatable bonds is 5. The van der Waals surface area contributed by atoms with Gasteiger partial charge < -0.3 is 9.47 Å². The molecule has 0 aliphatic rings. The summed E-state index contributed by atoms with van der Waals surface area (Å²) in [5.74, 6) is -1.07. The molecule has 134 valence electrons. The third-order valence-corrected chi connectivity index (χ3v) is 4.29. The van der Waals surface area contributed by atoms with Crippen molar-refractivity contribution >= 4 is 22.3 Å². The van der Waals surface area contributed by atoms with Crippen LogP contribution >= 0.6 is 11.3 Å². The maximum Gasteiger partial charge on any atom is 0.416 e. The zero-order valence-corrected chi connectivity index (χ0v) is 13.8. The highest BCUT2D eigenvalue weighted by Gasteiger charge is 2.35. The maximum atomic E-state index is 13.1. The lowest BCUT2D eigenvalue weighted by Gasteiger charge is -2.19. The molecule has 0 radical (unpaired) electrons. The van der Waals surface area contributed by atoms with Gasteiger partial charge in [-0.2, -0.15) is 13.2 Å². The zero-order chi connectivity index (χ0) is 18.8. The molecule has 2 aromatic rings. The molecule has 10 heteroatoms. The monoisotopic (exact) mass is 375 g/mol. The summed E-state index contributed by atoms with van der Waals surface area (Å²) in [4.78, 5) is 21.7. The Morgan fingerprint density at radius 1 is 1.32 bits per heavy atom. The van der Waals surface area contributed by atoms with Crippen molar-refractivity contribution in [1.82, 2.24) is 0 Å².